The van der Waals surface area contributed by atoms with Crippen LogP contribution in [-0.2, 0) is 13.2 Å². The number of aliphatic hydroxyl groups excluding tert-OH is 1. The third kappa shape index (κ3) is 3.05. The monoisotopic (exact) mass is 263 g/mol. The van der Waals surface area contributed by atoms with Crippen LogP contribution in [0.3, 0.4) is 0 Å². The van der Waals surface area contributed by atoms with Crippen LogP contribution in [0.25, 0.3) is 0 Å². The van der Waals surface area contributed by atoms with Gasteiger partial charge in [0.2, 0.25) is 0 Å². The first-order valence-corrected chi connectivity index (χ1v) is 6.74. The second-order valence-corrected chi connectivity index (χ2v) is 5.51. The van der Waals surface area contributed by atoms with E-state index in [1.54, 1.807) is 23.7 Å². The summed E-state index contributed by atoms with van der Waals surface area (Å²) in [5, 5.41) is 13.6. The van der Waals surface area contributed by atoms with Crippen LogP contribution < -0.4 is 5.32 Å². The zero-order valence-corrected chi connectivity index (χ0v) is 11.4. The van der Waals surface area contributed by atoms with E-state index in [1.807, 2.05) is 12.3 Å². The summed E-state index contributed by atoms with van der Waals surface area (Å²) in [4.78, 5) is 9.62. The van der Waals surface area contributed by atoms with Crippen molar-refractivity contribution in [2.75, 3.05) is 5.32 Å². The lowest BCUT2D eigenvalue weighted by molar-refractivity contribution is 0.282. The van der Waals surface area contributed by atoms with Crippen molar-refractivity contribution in [3.63, 3.8) is 0 Å². The Kier molecular flexibility index (Phi) is 4.28. The standard InChI is InChI=1S/C13H17N3OS/c1-9(2)13-16-6-11(18-13)5-15-12-7-14-4-3-10(12)8-17/h3-4,6-7,9,15,17H,5,8H2,1-2H3. The van der Waals surface area contributed by atoms with Crippen LogP contribution in [0.1, 0.15) is 35.2 Å². The predicted octanol–water partition coefficient (Wildman–Crippen LogP) is 2.77. The van der Waals surface area contributed by atoms with Gasteiger partial charge in [0.1, 0.15) is 0 Å². The van der Waals surface area contributed by atoms with E-state index in [2.05, 4.69) is 29.1 Å². The van der Waals surface area contributed by atoms with Gasteiger partial charge in [-0.1, -0.05) is 13.8 Å². The van der Waals surface area contributed by atoms with Gasteiger partial charge in [-0.05, 0) is 6.07 Å². The van der Waals surface area contributed by atoms with Gasteiger partial charge >= 0.3 is 0 Å². The van der Waals surface area contributed by atoms with Gasteiger partial charge in [0, 0.05) is 28.8 Å². The highest BCUT2D eigenvalue weighted by Gasteiger charge is 2.06. The normalized spacial score (nSPS) is 10.9. The predicted molar refractivity (Wildman–Crippen MR) is 73.7 cm³/mol. The number of hydrogen-bond donors (Lipinski definition) is 2. The number of thiazole rings is 1. The molecule has 96 valence electrons. The van der Waals surface area contributed by atoms with Crippen molar-refractivity contribution >= 4 is 17.0 Å². The molecule has 2 N–H and O–H groups in total. The maximum absolute atomic E-state index is 9.22. The highest BCUT2D eigenvalue weighted by molar-refractivity contribution is 7.11. The number of hydrogen-bond acceptors (Lipinski definition) is 5. The Bertz CT molecular complexity index is 510. The van der Waals surface area contributed by atoms with E-state index >= 15 is 0 Å². The minimum Gasteiger partial charge on any atom is -0.392 e. The zero-order chi connectivity index (χ0) is 13.0. The van der Waals surface area contributed by atoms with Crippen molar-refractivity contribution in [1.29, 1.82) is 0 Å². The van der Waals surface area contributed by atoms with Crippen LogP contribution in [0.5, 0.6) is 0 Å². The lowest BCUT2D eigenvalue weighted by atomic mass is 10.2. The topological polar surface area (TPSA) is 58.0 Å². The Morgan fingerprint density at radius 1 is 1.39 bits per heavy atom. The van der Waals surface area contributed by atoms with E-state index in [4.69, 9.17) is 0 Å². The van der Waals surface area contributed by atoms with Crippen LogP contribution in [0.15, 0.2) is 24.7 Å². The highest BCUT2D eigenvalue weighted by Crippen LogP contribution is 2.22. The Labute approximate surface area is 111 Å². The molecular formula is C13H17N3OS. The van der Waals surface area contributed by atoms with Gasteiger partial charge < -0.3 is 10.4 Å². The Morgan fingerprint density at radius 2 is 2.22 bits per heavy atom. The molecule has 2 rings (SSSR count). The minimum atomic E-state index is 0.0186. The summed E-state index contributed by atoms with van der Waals surface area (Å²) in [6.45, 7) is 5.01. The Morgan fingerprint density at radius 3 is 2.89 bits per heavy atom. The lowest BCUT2D eigenvalue weighted by Crippen LogP contribution is -2.01. The molecule has 2 aromatic heterocycles. The van der Waals surface area contributed by atoms with Crippen molar-refractivity contribution in [2.45, 2.75) is 32.9 Å². The first-order valence-electron chi connectivity index (χ1n) is 5.93. The molecule has 0 bridgehead atoms. The van der Waals surface area contributed by atoms with Crippen molar-refractivity contribution in [2.24, 2.45) is 0 Å². The summed E-state index contributed by atoms with van der Waals surface area (Å²) in [6.07, 6.45) is 5.32. The fraction of sp³-hybridized carbons (Fsp3) is 0.385. The van der Waals surface area contributed by atoms with Crippen molar-refractivity contribution in [3.8, 4) is 0 Å². The molecule has 5 heteroatoms. The highest BCUT2D eigenvalue weighted by atomic mass is 32.1. The van der Waals surface area contributed by atoms with Crippen LogP contribution >= 0.6 is 11.3 Å². The van der Waals surface area contributed by atoms with Crippen LogP contribution in [0, 0.1) is 0 Å². The fourth-order valence-electron chi connectivity index (χ4n) is 1.57. The van der Waals surface area contributed by atoms with Crippen LogP contribution in [0.2, 0.25) is 0 Å². The fourth-order valence-corrected chi connectivity index (χ4v) is 2.43. The summed E-state index contributed by atoms with van der Waals surface area (Å²) in [6, 6.07) is 1.81. The maximum Gasteiger partial charge on any atom is 0.0953 e. The molecule has 4 nitrogen and oxygen atoms in total. The first kappa shape index (κ1) is 13.0. The minimum absolute atomic E-state index is 0.0186. The molecule has 0 saturated carbocycles. The first-order chi connectivity index (χ1) is 8.70. The van der Waals surface area contributed by atoms with Gasteiger partial charge in [0.05, 0.1) is 30.0 Å². The van der Waals surface area contributed by atoms with Crippen molar-refractivity contribution in [1.82, 2.24) is 9.97 Å². The SMILES string of the molecule is CC(C)c1ncc(CNc2cnccc2CO)s1. The van der Waals surface area contributed by atoms with E-state index in [1.165, 1.54) is 4.88 Å². The molecule has 0 aromatic carbocycles. The van der Waals surface area contributed by atoms with E-state index in [-0.39, 0.29) is 6.61 Å². The zero-order valence-electron chi connectivity index (χ0n) is 10.6. The van der Waals surface area contributed by atoms with Crippen LogP contribution in [-0.4, -0.2) is 15.1 Å². The number of anilines is 1. The molecule has 2 heterocycles. The van der Waals surface area contributed by atoms with Crippen LogP contribution in [0.4, 0.5) is 5.69 Å². The summed E-state index contributed by atoms with van der Waals surface area (Å²) in [5.74, 6) is 0.468. The number of nitrogens with one attached hydrogen (secondary N) is 1. The average molecular weight is 263 g/mol. The number of rotatable bonds is 5. The molecule has 0 aliphatic rings. The van der Waals surface area contributed by atoms with Gasteiger partial charge in [-0.3, -0.25) is 4.98 Å². The third-order valence-electron chi connectivity index (χ3n) is 2.60. The Balaban J connectivity index is 2.02. The molecule has 0 amide bonds. The molecule has 0 aliphatic heterocycles. The second-order valence-electron chi connectivity index (χ2n) is 4.36. The molecule has 0 radical (unpaired) electrons. The van der Waals surface area contributed by atoms with E-state index in [0.29, 0.717) is 12.5 Å². The number of pyridine rings is 1. The summed E-state index contributed by atoms with van der Waals surface area (Å²) >= 11 is 1.72. The maximum atomic E-state index is 9.22. The lowest BCUT2D eigenvalue weighted by Gasteiger charge is -2.08. The molecule has 0 aliphatic carbocycles. The molecular weight excluding hydrogens is 246 g/mol. The Hall–Kier alpha value is -1.46. The molecule has 18 heavy (non-hydrogen) atoms. The molecule has 0 saturated heterocycles. The van der Waals surface area contributed by atoms with Gasteiger partial charge in [-0.15, -0.1) is 11.3 Å². The van der Waals surface area contributed by atoms with E-state index < -0.39 is 0 Å². The number of aromatic nitrogens is 2. The third-order valence-corrected chi connectivity index (χ3v) is 3.90. The molecule has 0 fully saturated rings. The smallest absolute Gasteiger partial charge is 0.0953 e. The van der Waals surface area contributed by atoms with E-state index in [0.717, 1.165) is 16.3 Å². The summed E-state index contributed by atoms with van der Waals surface area (Å²) < 4.78 is 0. The number of aliphatic hydroxyl groups is 1. The van der Waals surface area contributed by atoms with Gasteiger partial charge in [-0.25, -0.2) is 4.98 Å². The number of nitrogens with zero attached hydrogens (tertiary/aromatic N) is 2. The van der Waals surface area contributed by atoms with E-state index in [9.17, 15) is 5.11 Å². The molecule has 0 unspecified atom stereocenters. The second kappa shape index (κ2) is 5.93. The van der Waals surface area contributed by atoms with Crippen molar-refractivity contribution in [3.05, 3.63) is 40.1 Å². The average Bonchev–Trinajstić information content (AvgIpc) is 2.85. The molecule has 2 aromatic rings. The van der Waals surface area contributed by atoms with Gasteiger partial charge in [0.25, 0.3) is 0 Å². The molecule has 0 atom stereocenters. The molecule has 0 spiro atoms. The summed E-state index contributed by atoms with van der Waals surface area (Å²) in [7, 11) is 0. The van der Waals surface area contributed by atoms with Gasteiger partial charge in [0.15, 0.2) is 0 Å². The van der Waals surface area contributed by atoms with Crippen molar-refractivity contribution < 1.29 is 5.11 Å². The summed E-state index contributed by atoms with van der Waals surface area (Å²) in [5.41, 5.74) is 1.73. The largest absolute Gasteiger partial charge is 0.392 e. The van der Waals surface area contributed by atoms with Gasteiger partial charge in [-0.2, -0.15) is 0 Å². The quantitative estimate of drug-likeness (QED) is 0.871.